The summed E-state index contributed by atoms with van der Waals surface area (Å²) >= 11 is 0. The molecular weight excluding hydrogens is 186 g/mol. The molecule has 2 nitrogen and oxygen atoms in total. The quantitative estimate of drug-likeness (QED) is 0.732. The van der Waals surface area contributed by atoms with E-state index in [1.54, 1.807) is 0 Å². The molecule has 0 radical (unpaired) electrons. The molecule has 0 aliphatic heterocycles. The van der Waals surface area contributed by atoms with Crippen LogP contribution in [-0.2, 0) is 0 Å². The van der Waals surface area contributed by atoms with Gasteiger partial charge in [-0.25, -0.2) is 0 Å². The molecule has 0 aromatic rings. The highest BCUT2D eigenvalue weighted by molar-refractivity contribution is 4.86. The van der Waals surface area contributed by atoms with Gasteiger partial charge in [0.2, 0.25) is 0 Å². The Morgan fingerprint density at radius 1 is 1.20 bits per heavy atom. The van der Waals surface area contributed by atoms with Crippen molar-refractivity contribution in [2.75, 3.05) is 0 Å². The van der Waals surface area contributed by atoms with Gasteiger partial charge in [-0.2, -0.15) is 0 Å². The van der Waals surface area contributed by atoms with Crippen LogP contribution in [-0.4, -0.2) is 23.3 Å². The minimum Gasteiger partial charge on any atom is -0.392 e. The van der Waals surface area contributed by atoms with E-state index in [-0.39, 0.29) is 6.10 Å². The zero-order valence-corrected chi connectivity index (χ0v) is 9.91. The summed E-state index contributed by atoms with van der Waals surface area (Å²) in [6.07, 6.45) is 9.98. The van der Waals surface area contributed by atoms with E-state index in [9.17, 15) is 5.11 Å². The van der Waals surface area contributed by atoms with Crippen molar-refractivity contribution in [2.24, 2.45) is 5.92 Å². The molecule has 2 aliphatic carbocycles. The predicted octanol–water partition coefficient (Wildman–Crippen LogP) is 2.46. The molecule has 2 aliphatic rings. The Morgan fingerprint density at radius 3 is 2.53 bits per heavy atom. The normalized spacial score (nSPS) is 34.0. The maximum absolute atomic E-state index is 9.90. The smallest absolute Gasteiger partial charge is 0.0693 e. The Morgan fingerprint density at radius 2 is 1.93 bits per heavy atom. The van der Waals surface area contributed by atoms with Crippen LogP contribution in [0.2, 0.25) is 0 Å². The van der Waals surface area contributed by atoms with Crippen molar-refractivity contribution in [3.05, 3.63) is 0 Å². The van der Waals surface area contributed by atoms with Crippen molar-refractivity contribution in [1.82, 2.24) is 5.32 Å². The lowest BCUT2D eigenvalue weighted by molar-refractivity contribution is 0.0833. The average molecular weight is 211 g/mol. The van der Waals surface area contributed by atoms with Crippen LogP contribution in [0.25, 0.3) is 0 Å². The van der Waals surface area contributed by atoms with E-state index in [2.05, 4.69) is 12.2 Å². The fourth-order valence-electron chi connectivity index (χ4n) is 2.72. The molecule has 0 aromatic heterocycles. The number of nitrogens with one attached hydrogen (secondary N) is 1. The van der Waals surface area contributed by atoms with Crippen LogP contribution >= 0.6 is 0 Å². The van der Waals surface area contributed by atoms with Gasteiger partial charge in [0.05, 0.1) is 6.10 Å². The van der Waals surface area contributed by atoms with Crippen molar-refractivity contribution in [2.45, 2.75) is 76.5 Å². The van der Waals surface area contributed by atoms with E-state index in [1.807, 2.05) is 0 Å². The predicted molar refractivity (Wildman–Crippen MR) is 62.8 cm³/mol. The summed E-state index contributed by atoms with van der Waals surface area (Å²) in [6, 6.07) is 1.03. The minimum atomic E-state index is -0.0907. The number of aliphatic hydroxyl groups is 1. The minimum absolute atomic E-state index is 0.0907. The molecule has 2 N–H and O–H groups in total. The van der Waals surface area contributed by atoms with Crippen LogP contribution in [0.5, 0.6) is 0 Å². The summed E-state index contributed by atoms with van der Waals surface area (Å²) in [4.78, 5) is 0. The Hall–Kier alpha value is -0.0800. The number of aliphatic hydroxyl groups excluding tert-OH is 1. The first-order valence-corrected chi connectivity index (χ1v) is 6.73. The third-order valence-corrected chi connectivity index (χ3v) is 3.99. The molecule has 15 heavy (non-hydrogen) atoms. The Bertz CT molecular complexity index is 191. The van der Waals surface area contributed by atoms with Crippen molar-refractivity contribution in [3.8, 4) is 0 Å². The molecule has 0 spiro atoms. The zero-order valence-electron chi connectivity index (χ0n) is 9.91. The van der Waals surface area contributed by atoms with Crippen LogP contribution in [0.1, 0.15) is 58.3 Å². The number of hydrogen-bond donors (Lipinski definition) is 2. The molecule has 2 rings (SSSR count). The van der Waals surface area contributed by atoms with E-state index >= 15 is 0 Å². The van der Waals surface area contributed by atoms with Gasteiger partial charge in [-0.05, 0) is 31.6 Å². The number of hydrogen-bond acceptors (Lipinski definition) is 2. The summed E-state index contributed by atoms with van der Waals surface area (Å²) in [6.45, 7) is 2.26. The number of rotatable bonds is 5. The fraction of sp³-hybridized carbons (Fsp3) is 1.00. The Kier molecular flexibility index (Phi) is 4.04. The van der Waals surface area contributed by atoms with Gasteiger partial charge in [0.25, 0.3) is 0 Å². The topological polar surface area (TPSA) is 32.3 Å². The van der Waals surface area contributed by atoms with Crippen LogP contribution in [0.4, 0.5) is 0 Å². The van der Waals surface area contributed by atoms with Gasteiger partial charge in [0.1, 0.15) is 0 Å². The van der Waals surface area contributed by atoms with E-state index in [0.717, 1.165) is 12.3 Å². The molecule has 0 amide bonds. The highest BCUT2D eigenvalue weighted by atomic mass is 16.3. The molecule has 0 heterocycles. The van der Waals surface area contributed by atoms with Gasteiger partial charge < -0.3 is 10.4 Å². The summed E-state index contributed by atoms with van der Waals surface area (Å²) in [5.41, 5.74) is 0. The largest absolute Gasteiger partial charge is 0.392 e. The highest BCUT2D eigenvalue weighted by Gasteiger charge is 2.28. The molecule has 88 valence electrons. The fourth-order valence-corrected chi connectivity index (χ4v) is 2.72. The van der Waals surface area contributed by atoms with Crippen LogP contribution in [0.3, 0.4) is 0 Å². The van der Waals surface area contributed by atoms with Gasteiger partial charge >= 0.3 is 0 Å². The Balaban J connectivity index is 1.75. The molecule has 2 saturated carbocycles. The second-order valence-corrected chi connectivity index (χ2v) is 5.41. The van der Waals surface area contributed by atoms with Gasteiger partial charge in [-0.3, -0.25) is 0 Å². The first-order valence-electron chi connectivity index (χ1n) is 6.73. The van der Waals surface area contributed by atoms with Crippen molar-refractivity contribution in [3.63, 3.8) is 0 Å². The van der Waals surface area contributed by atoms with Gasteiger partial charge in [-0.15, -0.1) is 0 Å². The van der Waals surface area contributed by atoms with Crippen molar-refractivity contribution < 1.29 is 5.11 Å². The molecule has 1 unspecified atom stereocenters. The summed E-state index contributed by atoms with van der Waals surface area (Å²) in [7, 11) is 0. The summed E-state index contributed by atoms with van der Waals surface area (Å²) in [5, 5.41) is 13.6. The SMILES string of the molecule is CCC(CC1CC1)N[C@@H]1CCCC[C@H]1O. The second-order valence-electron chi connectivity index (χ2n) is 5.41. The van der Waals surface area contributed by atoms with E-state index < -0.39 is 0 Å². The maximum atomic E-state index is 9.90. The first-order chi connectivity index (χ1) is 7.29. The lowest BCUT2D eigenvalue weighted by atomic mass is 9.91. The lowest BCUT2D eigenvalue weighted by Gasteiger charge is -2.32. The van der Waals surface area contributed by atoms with Gasteiger partial charge in [0.15, 0.2) is 0 Å². The molecule has 3 atom stereocenters. The molecule has 2 heteroatoms. The van der Waals surface area contributed by atoms with Crippen LogP contribution < -0.4 is 5.32 Å². The van der Waals surface area contributed by atoms with E-state index in [0.29, 0.717) is 12.1 Å². The standard InChI is InChI=1S/C13H25NO/c1-2-11(9-10-7-8-10)14-12-5-3-4-6-13(12)15/h10-15H,2-9H2,1H3/t11?,12-,13-/m1/s1. The van der Waals surface area contributed by atoms with E-state index in [1.165, 1.54) is 44.9 Å². The van der Waals surface area contributed by atoms with Crippen LogP contribution in [0, 0.1) is 5.92 Å². The van der Waals surface area contributed by atoms with Gasteiger partial charge in [0, 0.05) is 12.1 Å². The first kappa shape index (κ1) is 11.4. The molecular formula is C13H25NO. The lowest BCUT2D eigenvalue weighted by Crippen LogP contribution is -2.47. The third-order valence-electron chi connectivity index (χ3n) is 3.99. The molecule has 0 bridgehead atoms. The van der Waals surface area contributed by atoms with E-state index in [4.69, 9.17) is 0 Å². The van der Waals surface area contributed by atoms with Gasteiger partial charge in [-0.1, -0.05) is 32.6 Å². The second kappa shape index (κ2) is 5.31. The van der Waals surface area contributed by atoms with Crippen molar-refractivity contribution in [1.29, 1.82) is 0 Å². The summed E-state index contributed by atoms with van der Waals surface area (Å²) < 4.78 is 0. The third kappa shape index (κ3) is 3.46. The average Bonchev–Trinajstić information content (AvgIpc) is 3.04. The zero-order chi connectivity index (χ0) is 10.7. The Labute approximate surface area is 93.5 Å². The van der Waals surface area contributed by atoms with Crippen molar-refractivity contribution >= 4 is 0 Å². The summed E-state index contributed by atoms with van der Waals surface area (Å²) in [5.74, 6) is 0.989. The maximum Gasteiger partial charge on any atom is 0.0693 e. The monoisotopic (exact) mass is 211 g/mol. The molecule has 0 saturated heterocycles. The highest BCUT2D eigenvalue weighted by Crippen LogP contribution is 2.34. The van der Waals surface area contributed by atoms with Crippen LogP contribution in [0.15, 0.2) is 0 Å². The molecule has 2 fully saturated rings. The molecule has 0 aromatic carbocycles.